The van der Waals surface area contributed by atoms with Gasteiger partial charge in [0.2, 0.25) is 0 Å². The van der Waals surface area contributed by atoms with Crippen LogP contribution in [-0.2, 0) is 0 Å². The average Bonchev–Trinajstić information content (AvgIpc) is 3.15. The molecule has 5 nitrogen and oxygen atoms in total. The normalized spacial score (nSPS) is 10.2. The molecule has 0 spiro atoms. The van der Waals surface area contributed by atoms with Crippen LogP contribution in [0.2, 0.25) is 0 Å². The molecule has 1 aromatic heterocycles. The Kier molecular flexibility index (Phi) is 4.48. The standard InChI is InChI=1S/C15H10O2.C5H5NO2/c16-15(17)14-12-7-3-1-5-10(12)9-11-6-2-4-8-13(11)14;7-5(8)4-2-1-3-6-4/h1-9H,(H,16,17);1-3,6H,(H,7,8). The number of fused-ring (bicyclic) bond motifs is 2. The maximum atomic E-state index is 11.4. The van der Waals surface area contributed by atoms with Gasteiger partial charge in [-0.05, 0) is 39.7 Å². The van der Waals surface area contributed by atoms with E-state index in [1.165, 1.54) is 6.07 Å². The number of H-pyrrole nitrogens is 1. The van der Waals surface area contributed by atoms with Gasteiger partial charge in [0.25, 0.3) is 0 Å². The number of carboxylic acids is 2. The third kappa shape index (κ3) is 3.35. The van der Waals surface area contributed by atoms with Crippen molar-refractivity contribution in [3.63, 3.8) is 0 Å². The smallest absolute Gasteiger partial charge is 0.352 e. The van der Waals surface area contributed by atoms with Gasteiger partial charge in [0.05, 0.1) is 5.56 Å². The first-order chi connectivity index (χ1) is 12.1. The summed E-state index contributed by atoms with van der Waals surface area (Å²) < 4.78 is 0. The lowest BCUT2D eigenvalue weighted by molar-refractivity contribution is 0.0684. The third-order valence-electron chi connectivity index (χ3n) is 3.81. The minimum Gasteiger partial charge on any atom is -0.478 e. The Labute approximate surface area is 143 Å². The summed E-state index contributed by atoms with van der Waals surface area (Å²) in [6, 6.07) is 20.3. The van der Waals surface area contributed by atoms with Gasteiger partial charge in [-0.15, -0.1) is 0 Å². The van der Waals surface area contributed by atoms with Crippen molar-refractivity contribution < 1.29 is 19.8 Å². The van der Waals surface area contributed by atoms with Crippen LogP contribution in [0.3, 0.4) is 0 Å². The number of aromatic carboxylic acids is 2. The van der Waals surface area contributed by atoms with Gasteiger partial charge in [0.1, 0.15) is 5.69 Å². The van der Waals surface area contributed by atoms with Gasteiger partial charge in [-0.3, -0.25) is 0 Å². The summed E-state index contributed by atoms with van der Waals surface area (Å²) in [7, 11) is 0. The second kappa shape index (κ2) is 6.88. The van der Waals surface area contributed by atoms with Crippen molar-refractivity contribution in [3.8, 4) is 0 Å². The molecule has 0 unspecified atom stereocenters. The quantitative estimate of drug-likeness (QED) is 0.474. The van der Waals surface area contributed by atoms with E-state index in [2.05, 4.69) is 4.98 Å². The fourth-order valence-electron chi connectivity index (χ4n) is 2.71. The van der Waals surface area contributed by atoms with Gasteiger partial charge in [-0.1, -0.05) is 48.5 Å². The molecule has 25 heavy (non-hydrogen) atoms. The predicted molar refractivity (Wildman–Crippen MR) is 96.2 cm³/mol. The third-order valence-corrected chi connectivity index (χ3v) is 3.81. The molecule has 0 atom stereocenters. The topological polar surface area (TPSA) is 90.4 Å². The zero-order chi connectivity index (χ0) is 17.8. The summed E-state index contributed by atoms with van der Waals surface area (Å²) in [5.41, 5.74) is 0.615. The number of rotatable bonds is 2. The highest BCUT2D eigenvalue weighted by Crippen LogP contribution is 2.28. The highest BCUT2D eigenvalue weighted by Gasteiger charge is 2.12. The van der Waals surface area contributed by atoms with E-state index in [1.54, 1.807) is 12.3 Å². The summed E-state index contributed by atoms with van der Waals surface area (Å²) >= 11 is 0. The van der Waals surface area contributed by atoms with E-state index in [0.29, 0.717) is 5.56 Å². The van der Waals surface area contributed by atoms with E-state index < -0.39 is 11.9 Å². The summed E-state index contributed by atoms with van der Waals surface area (Å²) in [6.45, 7) is 0. The van der Waals surface area contributed by atoms with Crippen molar-refractivity contribution in [2.45, 2.75) is 0 Å². The van der Waals surface area contributed by atoms with E-state index in [0.717, 1.165) is 21.5 Å². The number of carboxylic acid groups (broad SMARTS) is 2. The molecule has 0 saturated carbocycles. The van der Waals surface area contributed by atoms with Gasteiger partial charge < -0.3 is 15.2 Å². The Morgan fingerprint density at radius 1 is 0.720 bits per heavy atom. The SMILES string of the molecule is O=C(O)c1c2ccccc2cc2ccccc12.O=C(O)c1ccc[nH]1. The van der Waals surface area contributed by atoms with Crippen LogP contribution in [0, 0.1) is 0 Å². The largest absolute Gasteiger partial charge is 0.478 e. The first kappa shape index (κ1) is 16.3. The van der Waals surface area contributed by atoms with E-state index in [4.69, 9.17) is 5.11 Å². The Morgan fingerprint density at radius 3 is 1.68 bits per heavy atom. The van der Waals surface area contributed by atoms with Gasteiger partial charge in [0, 0.05) is 6.20 Å². The predicted octanol–water partition coefficient (Wildman–Crippen LogP) is 4.40. The van der Waals surface area contributed by atoms with Crippen molar-refractivity contribution in [1.82, 2.24) is 4.98 Å². The minimum absolute atomic E-state index is 0.227. The Balaban J connectivity index is 0.000000192. The summed E-state index contributed by atoms with van der Waals surface area (Å²) in [4.78, 5) is 24.0. The maximum absolute atomic E-state index is 11.4. The van der Waals surface area contributed by atoms with E-state index >= 15 is 0 Å². The molecular formula is C20H15NO4. The van der Waals surface area contributed by atoms with E-state index in [1.807, 2.05) is 54.6 Å². The molecule has 0 radical (unpaired) electrons. The van der Waals surface area contributed by atoms with Crippen LogP contribution in [0.25, 0.3) is 21.5 Å². The monoisotopic (exact) mass is 333 g/mol. The molecule has 1 heterocycles. The van der Waals surface area contributed by atoms with Gasteiger partial charge in [0.15, 0.2) is 0 Å². The molecule has 3 aromatic carbocycles. The summed E-state index contributed by atoms with van der Waals surface area (Å²) in [6.07, 6.45) is 1.57. The van der Waals surface area contributed by atoms with Crippen molar-refractivity contribution >= 4 is 33.5 Å². The van der Waals surface area contributed by atoms with Crippen LogP contribution in [-0.4, -0.2) is 27.1 Å². The zero-order valence-corrected chi connectivity index (χ0v) is 13.1. The van der Waals surface area contributed by atoms with Crippen molar-refractivity contribution in [2.75, 3.05) is 0 Å². The first-order valence-corrected chi connectivity index (χ1v) is 7.58. The fraction of sp³-hybridized carbons (Fsp3) is 0. The zero-order valence-electron chi connectivity index (χ0n) is 13.1. The molecular weight excluding hydrogens is 318 g/mol. The van der Waals surface area contributed by atoms with Crippen molar-refractivity contribution in [3.05, 3.63) is 84.2 Å². The van der Waals surface area contributed by atoms with Crippen LogP contribution in [0.5, 0.6) is 0 Å². The second-order valence-corrected chi connectivity index (χ2v) is 5.39. The molecule has 0 saturated heterocycles. The Bertz CT molecular complexity index is 998. The number of aromatic nitrogens is 1. The molecule has 4 rings (SSSR count). The molecule has 0 aliphatic carbocycles. The highest BCUT2D eigenvalue weighted by atomic mass is 16.4. The van der Waals surface area contributed by atoms with Crippen molar-refractivity contribution in [2.24, 2.45) is 0 Å². The highest BCUT2D eigenvalue weighted by molar-refractivity contribution is 6.15. The molecule has 0 fully saturated rings. The van der Waals surface area contributed by atoms with Gasteiger partial charge in [-0.2, -0.15) is 0 Å². The Morgan fingerprint density at radius 2 is 1.28 bits per heavy atom. The molecule has 0 aliphatic heterocycles. The number of nitrogens with one attached hydrogen (secondary N) is 1. The summed E-state index contributed by atoms with van der Waals surface area (Å²) in [5.74, 6) is -1.80. The number of benzene rings is 3. The lowest BCUT2D eigenvalue weighted by Crippen LogP contribution is -1.99. The minimum atomic E-state index is -0.921. The summed E-state index contributed by atoms with van der Waals surface area (Å²) in [5, 5.41) is 21.1. The molecule has 0 amide bonds. The average molecular weight is 333 g/mol. The lowest BCUT2D eigenvalue weighted by atomic mass is 9.97. The Hall–Kier alpha value is -3.60. The first-order valence-electron chi connectivity index (χ1n) is 7.58. The van der Waals surface area contributed by atoms with E-state index in [-0.39, 0.29) is 5.69 Å². The number of carbonyl (C=O) groups is 2. The van der Waals surface area contributed by atoms with Crippen LogP contribution in [0.4, 0.5) is 0 Å². The number of hydrogen-bond acceptors (Lipinski definition) is 2. The molecule has 0 bridgehead atoms. The number of aromatic amines is 1. The van der Waals surface area contributed by atoms with Crippen LogP contribution >= 0.6 is 0 Å². The van der Waals surface area contributed by atoms with E-state index in [9.17, 15) is 14.7 Å². The van der Waals surface area contributed by atoms with Crippen LogP contribution in [0.15, 0.2) is 72.9 Å². The lowest BCUT2D eigenvalue weighted by Gasteiger charge is -2.07. The van der Waals surface area contributed by atoms with Crippen LogP contribution < -0.4 is 0 Å². The molecule has 0 aliphatic rings. The van der Waals surface area contributed by atoms with Gasteiger partial charge in [-0.25, -0.2) is 9.59 Å². The van der Waals surface area contributed by atoms with Crippen molar-refractivity contribution in [1.29, 1.82) is 0 Å². The van der Waals surface area contributed by atoms with Gasteiger partial charge >= 0.3 is 11.9 Å². The molecule has 3 N–H and O–H groups in total. The molecule has 4 aromatic rings. The number of hydrogen-bond donors (Lipinski definition) is 3. The van der Waals surface area contributed by atoms with Crippen LogP contribution in [0.1, 0.15) is 20.8 Å². The second-order valence-electron chi connectivity index (χ2n) is 5.39. The maximum Gasteiger partial charge on any atom is 0.352 e. The fourth-order valence-corrected chi connectivity index (χ4v) is 2.71. The molecule has 5 heteroatoms. The molecule has 124 valence electrons.